The summed E-state index contributed by atoms with van der Waals surface area (Å²) in [5, 5.41) is 10.6. The van der Waals surface area contributed by atoms with Crippen molar-refractivity contribution in [1.29, 1.82) is 0 Å². The van der Waals surface area contributed by atoms with Crippen molar-refractivity contribution in [3.05, 3.63) is 0 Å². The third-order valence-electron chi connectivity index (χ3n) is 15.9. The predicted octanol–water partition coefficient (Wildman–Crippen LogP) is 19.5. The molecule has 0 saturated carbocycles. The van der Waals surface area contributed by atoms with E-state index in [2.05, 4.69) is 48.5 Å². The first kappa shape index (κ1) is 86.1. The zero-order valence-corrected chi connectivity index (χ0v) is 59.0. The molecule has 0 spiro atoms. The number of aliphatic hydroxyl groups excluding tert-OH is 1. The van der Waals surface area contributed by atoms with Crippen molar-refractivity contribution >= 4 is 39.5 Å². The van der Waals surface area contributed by atoms with Gasteiger partial charge in [0.05, 0.1) is 26.4 Å². The highest BCUT2D eigenvalue weighted by Gasteiger charge is 2.30. The molecule has 0 bridgehead atoms. The number of hydrogen-bond acceptors (Lipinski definition) is 15. The number of aliphatic hydroxyl groups is 1. The van der Waals surface area contributed by atoms with E-state index < -0.39 is 97.5 Å². The lowest BCUT2D eigenvalue weighted by Crippen LogP contribution is -2.30. The van der Waals surface area contributed by atoms with Crippen LogP contribution in [0.4, 0.5) is 0 Å². The lowest BCUT2D eigenvalue weighted by Gasteiger charge is -2.21. The average molecular weight is 1300 g/mol. The third kappa shape index (κ3) is 62.8. The van der Waals surface area contributed by atoms with E-state index in [1.165, 1.54) is 141 Å². The molecule has 0 radical (unpaired) electrons. The van der Waals surface area contributed by atoms with Crippen LogP contribution in [0.25, 0.3) is 0 Å². The number of phosphoric acid groups is 2. The molecule has 0 aromatic rings. The number of ether oxygens (including phenoxy) is 4. The van der Waals surface area contributed by atoms with E-state index >= 15 is 0 Å². The Kier molecular flexibility index (Phi) is 58.7. The molecule has 0 aromatic carbocycles. The topological polar surface area (TPSA) is 237 Å². The van der Waals surface area contributed by atoms with E-state index in [4.69, 9.17) is 37.0 Å². The minimum Gasteiger partial charge on any atom is -0.462 e. The Balaban J connectivity index is 5.22. The van der Waals surface area contributed by atoms with Gasteiger partial charge >= 0.3 is 39.5 Å². The van der Waals surface area contributed by atoms with Crippen molar-refractivity contribution in [3.8, 4) is 0 Å². The summed E-state index contributed by atoms with van der Waals surface area (Å²) in [7, 11) is -9.90. The van der Waals surface area contributed by atoms with Gasteiger partial charge in [0.15, 0.2) is 12.2 Å². The van der Waals surface area contributed by atoms with Crippen molar-refractivity contribution in [3.63, 3.8) is 0 Å². The molecule has 0 aliphatic heterocycles. The number of unbranched alkanes of at least 4 members (excludes halogenated alkanes) is 35. The summed E-state index contributed by atoms with van der Waals surface area (Å²) in [6, 6.07) is 0. The van der Waals surface area contributed by atoms with Crippen LogP contribution in [0.3, 0.4) is 0 Å². The van der Waals surface area contributed by atoms with Crippen LogP contribution in [-0.4, -0.2) is 96.7 Å². The first-order valence-corrected chi connectivity index (χ1v) is 38.8. The fourth-order valence-electron chi connectivity index (χ4n) is 10.4. The molecule has 0 heterocycles. The molecule has 3 N–H and O–H groups in total. The predicted molar refractivity (Wildman–Crippen MR) is 354 cm³/mol. The summed E-state index contributed by atoms with van der Waals surface area (Å²) in [4.78, 5) is 72.4. The Labute approximate surface area is 537 Å². The molecule has 0 rings (SSSR count). The van der Waals surface area contributed by atoms with Crippen LogP contribution in [0.1, 0.15) is 344 Å². The smallest absolute Gasteiger partial charge is 0.462 e. The Morgan fingerprint density at radius 2 is 0.523 bits per heavy atom. The van der Waals surface area contributed by atoms with Crippen LogP contribution in [0, 0.1) is 17.8 Å². The van der Waals surface area contributed by atoms with Gasteiger partial charge in [-0.25, -0.2) is 9.13 Å². The van der Waals surface area contributed by atoms with Gasteiger partial charge in [0.1, 0.15) is 19.3 Å². The van der Waals surface area contributed by atoms with Gasteiger partial charge in [0, 0.05) is 25.7 Å². The molecule has 0 aromatic heterocycles. The van der Waals surface area contributed by atoms with Gasteiger partial charge in [-0.1, -0.05) is 292 Å². The van der Waals surface area contributed by atoms with Gasteiger partial charge in [0.25, 0.3) is 0 Å². The maximum atomic E-state index is 13.0. The molecule has 0 aliphatic rings. The van der Waals surface area contributed by atoms with Crippen molar-refractivity contribution in [2.75, 3.05) is 39.6 Å². The number of hydrogen-bond donors (Lipinski definition) is 3. The molecule has 2 unspecified atom stereocenters. The fourth-order valence-corrected chi connectivity index (χ4v) is 11.9. The molecule has 17 nitrogen and oxygen atoms in total. The summed E-state index contributed by atoms with van der Waals surface area (Å²) < 4.78 is 68.2. The number of rotatable bonds is 67. The lowest BCUT2D eigenvalue weighted by atomic mass is 10.0. The first-order valence-electron chi connectivity index (χ1n) is 35.8. The standard InChI is InChI=1S/C69H134O17P2/c1-8-9-10-11-26-36-43-50-66(71)79-56-64(85-69(74)53-46-39-32-25-19-17-22-29-35-42-49-62(6)7)58-83-87(75,76)81-54-63(70)55-82-88(77,78)84-59-65(57-80-67(72)51-44-37-30-23-18-16-21-28-34-41-48-61(4)5)86-68(73)52-45-38-31-24-15-13-12-14-20-27-33-40-47-60(2)3/h60-65,70H,8-59H2,1-7H3,(H,75,76)(H,77,78)/t63-,64+,65+/m0/s1. The average Bonchev–Trinajstić information content (AvgIpc) is 3.70. The van der Waals surface area contributed by atoms with Crippen LogP contribution in [0.15, 0.2) is 0 Å². The maximum Gasteiger partial charge on any atom is 0.472 e. The largest absolute Gasteiger partial charge is 0.472 e. The minimum absolute atomic E-state index is 0.105. The SMILES string of the molecule is CCCCCCCCCC(=O)OC[C@H](COP(=O)(O)OC[C@H](O)COP(=O)(O)OC[C@@H](COC(=O)CCCCCCCCCCCCC(C)C)OC(=O)CCCCCCCCCCCCCCC(C)C)OC(=O)CCCCCCCCCCCCC(C)C. The van der Waals surface area contributed by atoms with E-state index in [0.29, 0.717) is 25.7 Å². The molecule has 5 atom stereocenters. The highest BCUT2D eigenvalue weighted by Crippen LogP contribution is 2.45. The van der Waals surface area contributed by atoms with Crippen LogP contribution in [0.2, 0.25) is 0 Å². The second kappa shape index (κ2) is 60.0. The Morgan fingerprint density at radius 1 is 0.307 bits per heavy atom. The van der Waals surface area contributed by atoms with Crippen molar-refractivity contribution < 1.29 is 80.2 Å². The molecule has 88 heavy (non-hydrogen) atoms. The Morgan fingerprint density at radius 3 is 0.773 bits per heavy atom. The summed E-state index contributed by atoms with van der Waals surface area (Å²) >= 11 is 0. The van der Waals surface area contributed by atoms with E-state index in [9.17, 15) is 43.2 Å². The molecule has 0 fully saturated rings. The molecule has 19 heteroatoms. The quantitative estimate of drug-likeness (QED) is 0.0222. The maximum absolute atomic E-state index is 13.0. The van der Waals surface area contributed by atoms with Crippen molar-refractivity contribution in [1.82, 2.24) is 0 Å². The van der Waals surface area contributed by atoms with E-state index in [-0.39, 0.29) is 25.7 Å². The van der Waals surface area contributed by atoms with Crippen LogP contribution < -0.4 is 0 Å². The van der Waals surface area contributed by atoms with Gasteiger partial charge in [-0.15, -0.1) is 0 Å². The molecule has 522 valence electrons. The molecular weight excluding hydrogens is 1160 g/mol. The zero-order chi connectivity index (χ0) is 65.2. The molecule has 0 saturated heterocycles. The van der Waals surface area contributed by atoms with E-state index in [1.807, 2.05) is 0 Å². The molecule has 0 aliphatic carbocycles. The van der Waals surface area contributed by atoms with Gasteiger partial charge in [-0.3, -0.25) is 37.3 Å². The molecular formula is C69H134O17P2. The fraction of sp³-hybridized carbons (Fsp3) is 0.942. The summed E-state index contributed by atoms with van der Waals surface area (Å²) in [5.41, 5.74) is 0. The van der Waals surface area contributed by atoms with Gasteiger partial charge in [0.2, 0.25) is 0 Å². The lowest BCUT2D eigenvalue weighted by molar-refractivity contribution is -0.161. The summed E-state index contributed by atoms with van der Waals surface area (Å²) in [6.07, 6.45) is 43.1. The highest BCUT2D eigenvalue weighted by atomic mass is 31.2. The number of phosphoric ester groups is 2. The van der Waals surface area contributed by atoms with Crippen LogP contribution in [0.5, 0.6) is 0 Å². The van der Waals surface area contributed by atoms with Crippen molar-refractivity contribution in [2.45, 2.75) is 362 Å². The summed E-state index contributed by atoms with van der Waals surface area (Å²) in [5.74, 6) is 0.156. The second-order valence-electron chi connectivity index (χ2n) is 26.3. The minimum atomic E-state index is -4.95. The second-order valence-corrected chi connectivity index (χ2v) is 29.3. The van der Waals surface area contributed by atoms with Gasteiger partial charge in [-0.05, 0) is 43.4 Å². The summed E-state index contributed by atoms with van der Waals surface area (Å²) in [6.45, 7) is 11.8. The number of carbonyl (C=O) groups is 4. The first-order chi connectivity index (χ1) is 42.2. The monoisotopic (exact) mass is 1300 g/mol. The number of carbonyl (C=O) groups excluding carboxylic acids is 4. The van der Waals surface area contributed by atoms with E-state index in [0.717, 1.165) is 120 Å². The van der Waals surface area contributed by atoms with Crippen LogP contribution >= 0.6 is 15.6 Å². The number of esters is 4. The van der Waals surface area contributed by atoms with Crippen LogP contribution in [-0.2, 0) is 65.4 Å². The van der Waals surface area contributed by atoms with Crippen molar-refractivity contribution in [2.24, 2.45) is 17.8 Å². The Hall–Kier alpha value is -1.94. The Bertz CT molecular complexity index is 1730. The molecule has 0 amide bonds. The normalized spacial score (nSPS) is 14.2. The van der Waals surface area contributed by atoms with Gasteiger partial charge < -0.3 is 33.8 Å². The third-order valence-corrected chi connectivity index (χ3v) is 17.8. The van der Waals surface area contributed by atoms with E-state index in [1.54, 1.807) is 0 Å². The zero-order valence-electron chi connectivity index (χ0n) is 57.2. The van der Waals surface area contributed by atoms with Gasteiger partial charge in [-0.2, -0.15) is 0 Å². The highest BCUT2D eigenvalue weighted by molar-refractivity contribution is 7.47.